The number of benzene rings is 1. The van der Waals surface area contributed by atoms with Crippen LogP contribution in [-0.4, -0.2) is 42.0 Å². The molecule has 1 heterocycles. The lowest BCUT2D eigenvalue weighted by Crippen LogP contribution is -2.48. The fourth-order valence-corrected chi connectivity index (χ4v) is 4.03. The van der Waals surface area contributed by atoms with Crippen molar-refractivity contribution in [2.75, 3.05) is 12.3 Å². The fourth-order valence-electron chi connectivity index (χ4n) is 2.74. The molecule has 1 amide bonds. The molecule has 0 aliphatic heterocycles. The maximum absolute atomic E-state index is 12.7. The third-order valence-electron chi connectivity index (χ3n) is 4.06. The summed E-state index contributed by atoms with van der Waals surface area (Å²) in [5, 5.41) is 0.986. The predicted octanol–water partition coefficient (Wildman–Crippen LogP) is 2.18. The molecule has 0 saturated heterocycles. The zero-order valence-corrected chi connectivity index (χ0v) is 15.3. The van der Waals surface area contributed by atoms with E-state index in [4.69, 9.17) is 5.73 Å². The van der Waals surface area contributed by atoms with Crippen molar-refractivity contribution >= 4 is 26.8 Å². The van der Waals surface area contributed by atoms with Gasteiger partial charge in [0, 0.05) is 23.6 Å². The van der Waals surface area contributed by atoms with Crippen molar-refractivity contribution < 1.29 is 13.2 Å². The minimum Gasteiger partial charge on any atom is -0.361 e. The molecule has 0 fully saturated rings. The SMILES string of the molecule is C=CCS(=O)(=O)N(CCCC)C(=O)C(N)Cc1c[nH]c2ccccc12. The standard InChI is InChI=1S/C18H25N3O3S/c1-3-5-10-21(25(23,24)11-4-2)18(22)16(19)12-14-13-20-17-9-7-6-8-15(14)17/h4,6-9,13,16,20H,2-3,5,10-12,19H2,1H3. The molecule has 1 aromatic heterocycles. The van der Waals surface area contributed by atoms with E-state index in [1.165, 1.54) is 6.08 Å². The van der Waals surface area contributed by atoms with Gasteiger partial charge in [-0.2, -0.15) is 0 Å². The van der Waals surface area contributed by atoms with Crippen molar-refractivity contribution in [1.82, 2.24) is 9.29 Å². The molecule has 1 atom stereocenters. The van der Waals surface area contributed by atoms with Crippen LogP contribution >= 0.6 is 0 Å². The number of aromatic amines is 1. The number of unbranched alkanes of at least 4 members (excludes halogenated alkanes) is 1. The van der Waals surface area contributed by atoms with Gasteiger partial charge >= 0.3 is 0 Å². The first-order chi connectivity index (χ1) is 11.9. The van der Waals surface area contributed by atoms with Crippen LogP contribution in [0.5, 0.6) is 0 Å². The van der Waals surface area contributed by atoms with Crippen LogP contribution in [-0.2, 0) is 21.2 Å². The van der Waals surface area contributed by atoms with Gasteiger partial charge in [0.25, 0.3) is 5.91 Å². The number of H-pyrrole nitrogens is 1. The molecule has 2 aromatic rings. The molecule has 25 heavy (non-hydrogen) atoms. The number of sulfonamides is 1. The third-order valence-corrected chi connectivity index (χ3v) is 5.75. The van der Waals surface area contributed by atoms with Crippen LogP contribution in [0.15, 0.2) is 43.1 Å². The second-order valence-corrected chi connectivity index (χ2v) is 7.94. The van der Waals surface area contributed by atoms with Gasteiger partial charge in [0.2, 0.25) is 10.0 Å². The van der Waals surface area contributed by atoms with E-state index in [1.54, 1.807) is 0 Å². The molecule has 0 saturated carbocycles. The van der Waals surface area contributed by atoms with E-state index < -0.39 is 22.0 Å². The number of aromatic nitrogens is 1. The smallest absolute Gasteiger partial charge is 0.253 e. The highest BCUT2D eigenvalue weighted by Crippen LogP contribution is 2.19. The summed E-state index contributed by atoms with van der Waals surface area (Å²) in [4.78, 5) is 15.8. The number of nitrogens with two attached hydrogens (primary N) is 1. The Labute approximate surface area is 148 Å². The van der Waals surface area contributed by atoms with Gasteiger partial charge in [-0.3, -0.25) is 4.79 Å². The van der Waals surface area contributed by atoms with E-state index in [9.17, 15) is 13.2 Å². The Morgan fingerprint density at radius 2 is 2.12 bits per heavy atom. The van der Waals surface area contributed by atoms with E-state index in [-0.39, 0.29) is 18.7 Å². The van der Waals surface area contributed by atoms with Crippen molar-refractivity contribution in [2.24, 2.45) is 5.73 Å². The normalized spacial score (nSPS) is 12.9. The molecule has 1 unspecified atom stereocenters. The van der Waals surface area contributed by atoms with E-state index in [2.05, 4.69) is 11.6 Å². The average molecular weight is 363 g/mol. The van der Waals surface area contributed by atoms with Crippen LogP contribution in [0, 0.1) is 0 Å². The van der Waals surface area contributed by atoms with E-state index in [1.807, 2.05) is 37.4 Å². The average Bonchev–Trinajstić information content (AvgIpc) is 2.98. The number of amides is 1. The van der Waals surface area contributed by atoms with Gasteiger partial charge in [0.15, 0.2) is 0 Å². The lowest BCUT2D eigenvalue weighted by atomic mass is 10.1. The molecule has 136 valence electrons. The first-order valence-electron chi connectivity index (χ1n) is 8.36. The van der Waals surface area contributed by atoms with Crippen LogP contribution in [0.3, 0.4) is 0 Å². The molecular weight excluding hydrogens is 338 g/mol. The molecule has 3 N–H and O–H groups in total. The zero-order chi connectivity index (χ0) is 18.4. The fraction of sp³-hybridized carbons (Fsp3) is 0.389. The van der Waals surface area contributed by atoms with Gasteiger partial charge in [-0.1, -0.05) is 37.6 Å². The highest BCUT2D eigenvalue weighted by Gasteiger charge is 2.30. The van der Waals surface area contributed by atoms with E-state index in [0.29, 0.717) is 6.42 Å². The largest absolute Gasteiger partial charge is 0.361 e. The van der Waals surface area contributed by atoms with E-state index in [0.717, 1.165) is 27.2 Å². The number of para-hydroxylation sites is 1. The second kappa shape index (κ2) is 8.31. The van der Waals surface area contributed by atoms with Crippen molar-refractivity contribution in [3.8, 4) is 0 Å². The Hall–Kier alpha value is -2.12. The maximum atomic E-state index is 12.7. The number of carbonyl (C=O) groups is 1. The molecule has 0 aliphatic carbocycles. The Kier molecular flexibility index (Phi) is 6.39. The van der Waals surface area contributed by atoms with Crippen molar-refractivity contribution in [2.45, 2.75) is 32.2 Å². The maximum Gasteiger partial charge on any atom is 0.253 e. The van der Waals surface area contributed by atoms with Gasteiger partial charge in [0.1, 0.15) is 0 Å². The lowest BCUT2D eigenvalue weighted by Gasteiger charge is -2.24. The van der Waals surface area contributed by atoms with Crippen LogP contribution in [0.2, 0.25) is 0 Å². The molecule has 6 nitrogen and oxygen atoms in total. The van der Waals surface area contributed by atoms with Crippen molar-refractivity contribution in [1.29, 1.82) is 0 Å². The number of nitrogens with zero attached hydrogens (tertiary/aromatic N) is 1. The monoisotopic (exact) mass is 363 g/mol. The number of nitrogens with one attached hydrogen (secondary N) is 1. The molecule has 2 rings (SSSR count). The quantitative estimate of drug-likeness (QED) is 0.668. The number of hydrogen-bond donors (Lipinski definition) is 2. The van der Waals surface area contributed by atoms with Crippen LogP contribution in [0.25, 0.3) is 10.9 Å². The van der Waals surface area contributed by atoms with Gasteiger partial charge in [-0.25, -0.2) is 12.7 Å². The summed E-state index contributed by atoms with van der Waals surface area (Å²) >= 11 is 0. The van der Waals surface area contributed by atoms with Crippen LogP contribution < -0.4 is 5.73 Å². The first-order valence-corrected chi connectivity index (χ1v) is 9.97. The summed E-state index contributed by atoms with van der Waals surface area (Å²) in [6.07, 6.45) is 4.75. The Bertz CT molecular complexity index is 842. The minimum absolute atomic E-state index is 0.146. The number of hydrogen-bond acceptors (Lipinski definition) is 4. The summed E-state index contributed by atoms with van der Waals surface area (Å²) < 4.78 is 25.7. The van der Waals surface area contributed by atoms with Gasteiger partial charge in [-0.05, 0) is 24.5 Å². The first kappa shape index (κ1) is 19.2. The summed E-state index contributed by atoms with van der Waals surface area (Å²) in [6, 6.07) is 6.79. The number of rotatable bonds is 9. The molecule has 0 radical (unpaired) electrons. The van der Waals surface area contributed by atoms with Crippen molar-refractivity contribution in [3.05, 3.63) is 48.7 Å². The van der Waals surface area contributed by atoms with Crippen molar-refractivity contribution in [3.63, 3.8) is 0 Å². The van der Waals surface area contributed by atoms with Gasteiger partial charge in [-0.15, -0.1) is 6.58 Å². The summed E-state index contributed by atoms with van der Waals surface area (Å²) in [5.74, 6) is -0.844. The van der Waals surface area contributed by atoms with Gasteiger partial charge in [0.05, 0.1) is 11.8 Å². The summed E-state index contributed by atoms with van der Waals surface area (Å²) in [7, 11) is -3.73. The second-order valence-electron chi connectivity index (χ2n) is 6.00. The molecule has 0 spiro atoms. The van der Waals surface area contributed by atoms with Gasteiger partial charge < -0.3 is 10.7 Å². The molecular formula is C18H25N3O3S. The molecule has 7 heteroatoms. The Morgan fingerprint density at radius 3 is 2.80 bits per heavy atom. The van der Waals surface area contributed by atoms with E-state index >= 15 is 0 Å². The zero-order valence-electron chi connectivity index (χ0n) is 14.4. The molecule has 1 aromatic carbocycles. The number of fused-ring (bicyclic) bond motifs is 1. The van der Waals surface area contributed by atoms with Crippen LogP contribution in [0.4, 0.5) is 0 Å². The topological polar surface area (TPSA) is 96.3 Å². The Morgan fingerprint density at radius 1 is 1.40 bits per heavy atom. The lowest BCUT2D eigenvalue weighted by molar-refractivity contribution is -0.127. The highest BCUT2D eigenvalue weighted by molar-refractivity contribution is 7.89. The Balaban J connectivity index is 2.21. The minimum atomic E-state index is -3.73. The predicted molar refractivity (Wildman–Crippen MR) is 101 cm³/mol. The summed E-state index contributed by atoms with van der Waals surface area (Å²) in [5.41, 5.74) is 7.92. The number of carbonyl (C=O) groups excluding carboxylic acids is 1. The van der Waals surface area contributed by atoms with Crippen LogP contribution in [0.1, 0.15) is 25.3 Å². The third kappa shape index (κ3) is 4.49. The summed E-state index contributed by atoms with van der Waals surface area (Å²) in [6.45, 7) is 5.54. The highest BCUT2D eigenvalue weighted by atomic mass is 32.2. The molecule has 0 aliphatic rings. The molecule has 0 bridgehead atoms.